The Labute approximate surface area is 159 Å². The molecular formula is C17H16ClF3N2O3S. The third kappa shape index (κ3) is 6.76. The van der Waals surface area contributed by atoms with E-state index in [1.165, 1.54) is 0 Å². The Bertz CT molecular complexity index is 929. The smallest absolute Gasteiger partial charge is 0.324 e. The standard InChI is InChI=1S/C17H16ClF3N2O3S/c1-27(25,26)23-14-8-5-12(17(19,20)21)10-15(14)22-16(24)9-4-11-2-6-13(18)7-3-11/h2-3,5-8,10,23H,4,9H2,1H3,(H,22,24). The van der Waals surface area contributed by atoms with Gasteiger partial charge in [0.15, 0.2) is 0 Å². The number of alkyl halides is 3. The number of aryl methyl sites for hydroxylation is 1. The van der Waals surface area contributed by atoms with E-state index in [9.17, 15) is 26.4 Å². The van der Waals surface area contributed by atoms with Gasteiger partial charge in [0.05, 0.1) is 23.2 Å². The fourth-order valence-corrected chi connectivity index (χ4v) is 2.94. The first-order chi connectivity index (χ1) is 12.4. The summed E-state index contributed by atoms with van der Waals surface area (Å²) in [7, 11) is -3.74. The molecule has 0 aliphatic rings. The van der Waals surface area contributed by atoms with Crippen LogP contribution in [0.25, 0.3) is 0 Å². The van der Waals surface area contributed by atoms with Gasteiger partial charge in [0.25, 0.3) is 0 Å². The van der Waals surface area contributed by atoms with E-state index in [0.29, 0.717) is 17.5 Å². The van der Waals surface area contributed by atoms with E-state index in [0.717, 1.165) is 24.0 Å². The van der Waals surface area contributed by atoms with E-state index in [1.54, 1.807) is 24.3 Å². The first kappa shape index (κ1) is 21.0. The highest BCUT2D eigenvalue weighted by molar-refractivity contribution is 7.92. The molecule has 0 aliphatic heterocycles. The maximum atomic E-state index is 12.9. The fraction of sp³-hybridized carbons (Fsp3) is 0.235. The molecule has 2 aromatic carbocycles. The van der Waals surface area contributed by atoms with Gasteiger partial charge in [-0.15, -0.1) is 0 Å². The number of hydrogen-bond donors (Lipinski definition) is 2. The van der Waals surface area contributed by atoms with E-state index in [1.807, 2.05) is 0 Å². The normalized spacial score (nSPS) is 11.9. The number of hydrogen-bond acceptors (Lipinski definition) is 3. The van der Waals surface area contributed by atoms with Crippen LogP contribution in [0, 0.1) is 0 Å². The zero-order chi connectivity index (χ0) is 20.2. The highest BCUT2D eigenvalue weighted by Crippen LogP contribution is 2.34. The number of amides is 1. The highest BCUT2D eigenvalue weighted by Gasteiger charge is 2.31. The van der Waals surface area contributed by atoms with Crippen molar-refractivity contribution in [3.8, 4) is 0 Å². The van der Waals surface area contributed by atoms with Crippen molar-refractivity contribution in [2.45, 2.75) is 19.0 Å². The average Bonchev–Trinajstić information content (AvgIpc) is 2.53. The van der Waals surface area contributed by atoms with Gasteiger partial charge in [0.1, 0.15) is 0 Å². The molecule has 0 aliphatic carbocycles. The summed E-state index contributed by atoms with van der Waals surface area (Å²) in [6, 6.07) is 9.17. The fourth-order valence-electron chi connectivity index (χ4n) is 2.23. The number of benzene rings is 2. The second-order valence-corrected chi connectivity index (χ2v) is 7.99. The number of carbonyl (C=O) groups excluding carboxylic acids is 1. The third-order valence-electron chi connectivity index (χ3n) is 3.47. The molecule has 10 heteroatoms. The van der Waals surface area contributed by atoms with Crippen molar-refractivity contribution in [2.24, 2.45) is 0 Å². The zero-order valence-corrected chi connectivity index (χ0v) is 15.7. The van der Waals surface area contributed by atoms with Crippen molar-refractivity contribution >= 4 is 38.9 Å². The molecule has 2 N–H and O–H groups in total. The maximum absolute atomic E-state index is 12.9. The van der Waals surface area contributed by atoms with E-state index in [2.05, 4.69) is 10.0 Å². The quantitative estimate of drug-likeness (QED) is 0.731. The molecule has 2 aromatic rings. The molecule has 0 bridgehead atoms. The SMILES string of the molecule is CS(=O)(=O)Nc1ccc(C(F)(F)F)cc1NC(=O)CCc1ccc(Cl)cc1. The van der Waals surface area contributed by atoms with E-state index in [-0.39, 0.29) is 17.8 Å². The van der Waals surface area contributed by atoms with Gasteiger partial charge in [-0.25, -0.2) is 8.42 Å². The Morgan fingerprint density at radius 3 is 2.26 bits per heavy atom. The van der Waals surface area contributed by atoms with E-state index in [4.69, 9.17) is 11.6 Å². The molecule has 0 spiro atoms. The minimum Gasteiger partial charge on any atom is -0.324 e. The van der Waals surface area contributed by atoms with Crippen LogP contribution >= 0.6 is 11.6 Å². The molecule has 1 amide bonds. The third-order valence-corrected chi connectivity index (χ3v) is 4.31. The molecule has 0 saturated carbocycles. The molecule has 0 radical (unpaired) electrons. The van der Waals surface area contributed by atoms with Gasteiger partial charge >= 0.3 is 6.18 Å². The molecule has 0 heterocycles. The summed E-state index contributed by atoms with van der Waals surface area (Å²) in [6.07, 6.45) is -3.43. The van der Waals surface area contributed by atoms with E-state index >= 15 is 0 Å². The molecule has 27 heavy (non-hydrogen) atoms. The van der Waals surface area contributed by atoms with Crippen LogP contribution < -0.4 is 10.0 Å². The minimum absolute atomic E-state index is 0.00378. The van der Waals surface area contributed by atoms with Crippen molar-refractivity contribution in [1.82, 2.24) is 0 Å². The van der Waals surface area contributed by atoms with Gasteiger partial charge in [-0.2, -0.15) is 13.2 Å². The summed E-state index contributed by atoms with van der Waals surface area (Å²) >= 11 is 5.78. The summed E-state index contributed by atoms with van der Waals surface area (Å²) < 4.78 is 63.6. The van der Waals surface area contributed by atoms with Gasteiger partial charge in [0.2, 0.25) is 15.9 Å². The Morgan fingerprint density at radius 1 is 1.07 bits per heavy atom. The van der Waals surface area contributed by atoms with Crippen LogP contribution in [-0.2, 0) is 27.4 Å². The van der Waals surface area contributed by atoms with Crippen LogP contribution in [0.5, 0.6) is 0 Å². The number of sulfonamides is 1. The number of carbonyl (C=O) groups is 1. The summed E-state index contributed by atoms with van der Waals surface area (Å²) in [5, 5.41) is 2.88. The van der Waals surface area contributed by atoms with Crippen LogP contribution in [-0.4, -0.2) is 20.6 Å². The summed E-state index contributed by atoms with van der Waals surface area (Å²) in [5.74, 6) is -0.555. The molecule has 146 valence electrons. The van der Waals surface area contributed by atoms with Crippen molar-refractivity contribution in [3.63, 3.8) is 0 Å². The Morgan fingerprint density at radius 2 is 1.70 bits per heavy atom. The molecule has 0 fully saturated rings. The Balaban J connectivity index is 2.18. The molecule has 0 aromatic heterocycles. The van der Waals surface area contributed by atoms with Crippen LogP contribution in [0.3, 0.4) is 0 Å². The van der Waals surface area contributed by atoms with Crippen LogP contribution in [0.4, 0.5) is 24.5 Å². The van der Waals surface area contributed by atoms with Crippen molar-refractivity contribution in [1.29, 1.82) is 0 Å². The molecule has 2 rings (SSSR count). The number of halogens is 4. The number of nitrogens with one attached hydrogen (secondary N) is 2. The van der Waals surface area contributed by atoms with Crippen molar-refractivity contribution < 1.29 is 26.4 Å². The Hall–Kier alpha value is -2.26. The lowest BCUT2D eigenvalue weighted by Crippen LogP contribution is -2.17. The molecule has 0 atom stereocenters. The lowest BCUT2D eigenvalue weighted by atomic mass is 10.1. The van der Waals surface area contributed by atoms with E-state index < -0.39 is 27.7 Å². The minimum atomic E-state index is -4.63. The number of anilines is 2. The number of rotatable bonds is 6. The maximum Gasteiger partial charge on any atom is 0.416 e. The summed E-state index contributed by atoms with van der Waals surface area (Å²) in [5.41, 5.74) is -0.593. The van der Waals surface area contributed by atoms with Crippen molar-refractivity contribution in [3.05, 3.63) is 58.6 Å². The predicted molar refractivity (Wildman–Crippen MR) is 98.3 cm³/mol. The van der Waals surface area contributed by atoms with Crippen LogP contribution in [0.1, 0.15) is 17.5 Å². The molecule has 5 nitrogen and oxygen atoms in total. The van der Waals surface area contributed by atoms with Gasteiger partial charge in [-0.05, 0) is 42.3 Å². The molecule has 0 saturated heterocycles. The van der Waals surface area contributed by atoms with Gasteiger partial charge < -0.3 is 5.32 Å². The summed E-state index contributed by atoms with van der Waals surface area (Å²) in [6.45, 7) is 0. The van der Waals surface area contributed by atoms with Crippen molar-refractivity contribution in [2.75, 3.05) is 16.3 Å². The second-order valence-electron chi connectivity index (χ2n) is 5.81. The highest BCUT2D eigenvalue weighted by atomic mass is 35.5. The average molecular weight is 421 g/mol. The van der Waals surface area contributed by atoms with Gasteiger partial charge in [-0.3, -0.25) is 9.52 Å². The first-order valence-electron chi connectivity index (χ1n) is 7.67. The van der Waals surface area contributed by atoms with Gasteiger partial charge in [-0.1, -0.05) is 23.7 Å². The lowest BCUT2D eigenvalue weighted by Gasteiger charge is -2.15. The van der Waals surface area contributed by atoms with Crippen LogP contribution in [0.15, 0.2) is 42.5 Å². The Kier molecular flexibility index (Phi) is 6.38. The first-order valence-corrected chi connectivity index (χ1v) is 9.94. The monoisotopic (exact) mass is 420 g/mol. The van der Waals surface area contributed by atoms with Crippen LogP contribution in [0.2, 0.25) is 5.02 Å². The molecule has 0 unspecified atom stereocenters. The second kappa shape index (κ2) is 8.18. The predicted octanol–water partition coefficient (Wildman–Crippen LogP) is 4.30. The zero-order valence-electron chi connectivity index (χ0n) is 14.1. The largest absolute Gasteiger partial charge is 0.416 e. The summed E-state index contributed by atoms with van der Waals surface area (Å²) in [4.78, 5) is 12.1. The van der Waals surface area contributed by atoms with Gasteiger partial charge in [0, 0.05) is 11.4 Å². The lowest BCUT2D eigenvalue weighted by molar-refractivity contribution is -0.137. The molecular weight excluding hydrogens is 405 g/mol. The topological polar surface area (TPSA) is 75.3 Å².